The van der Waals surface area contributed by atoms with Crippen molar-refractivity contribution in [1.82, 2.24) is 4.90 Å². The molecule has 6 nitrogen and oxygen atoms in total. The number of carbonyl (C=O) groups is 3. The van der Waals surface area contributed by atoms with Gasteiger partial charge in [-0.05, 0) is 41.0 Å². The third-order valence-corrected chi connectivity index (χ3v) is 8.69. The Morgan fingerprint density at radius 1 is 1.00 bits per heavy atom. The second kappa shape index (κ2) is 10.1. The van der Waals surface area contributed by atoms with Gasteiger partial charge in [0.25, 0.3) is 5.91 Å². The van der Waals surface area contributed by atoms with Gasteiger partial charge < -0.3 is 15.0 Å². The highest BCUT2D eigenvalue weighted by atomic mass is 28.3. The average molecular weight is 501 g/mol. The molecule has 0 spiro atoms. The number of methoxy groups -OCH3 is 1. The lowest BCUT2D eigenvalue weighted by atomic mass is 9.95. The maximum Gasteiger partial charge on any atom is 0.254 e. The van der Waals surface area contributed by atoms with Gasteiger partial charge in [0.2, 0.25) is 5.91 Å². The molecule has 2 amide bonds. The van der Waals surface area contributed by atoms with Crippen LogP contribution in [0.1, 0.15) is 33.1 Å². The highest BCUT2D eigenvalue weighted by Gasteiger charge is 2.30. The Morgan fingerprint density at radius 2 is 1.67 bits per heavy atom. The van der Waals surface area contributed by atoms with Crippen molar-refractivity contribution in [1.29, 1.82) is 0 Å². The smallest absolute Gasteiger partial charge is 0.254 e. The van der Waals surface area contributed by atoms with E-state index in [-0.39, 0.29) is 24.0 Å². The number of benzene rings is 3. The number of ketones is 1. The minimum absolute atomic E-state index is 0.0776. The Morgan fingerprint density at radius 3 is 2.28 bits per heavy atom. The summed E-state index contributed by atoms with van der Waals surface area (Å²) >= 11 is 0. The number of rotatable bonds is 8. The van der Waals surface area contributed by atoms with Crippen molar-refractivity contribution in [3.63, 3.8) is 0 Å². The number of ether oxygens (including phenoxy) is 1. The molecule has 0 saturated carbocycles. The summed E-state index contributed by atoms with van der Waals surface area (Å²) in [4.78, 5) is 40.4. The number of hydrogen-bond acceptors (Lipinski definition) is 4. The Balaban J connectivity index is 1.63. The first-order chi connectivity index (χ1) is 17.1. The van der Waals surface area contributed by atoms with Gasteiger partial charge >= 0.3 is 0 Å². The summed E-state index contributed by atoms with van der Waals surface area (Å²) in [6.45, 7) is 6.87. The average Bonchev–Trinajstić information content (AvgIpc) is 3.23. The van der Waals surface area contributed by atoms with Gasteiger partial charge in [0.15, 0.2) is 5.78 Å². The van der Waals surface area contributed by atoms with Gasteiger partial charge in [-0.25, -0.2) is 0 Å². The summed E-state index contributed by atoms with van der Waals surface area (Å²) in [5.41, 5.74) is 3.56. The summed E-state index contributed by atoms with van der Waals surface area (Å²) < 4.78 is 5.28. The zero-order chi connectivity index (χ0) is 26.0. The first-order valence-electron chi connectivity index (χ1n) is 12.0. The highest BCUT2D eigenvalue weighted by Crippen LogP contribution is 2.29. The van der Waals surface area contributed by atoms with Crippen LogP contribution in [0.15, 0.2) is 66.7 Å². The lowest BCUT2D eigenvalue weighted by molar-refractivity contribution is -0.122. The van der Waals surface area contributed by atoms with Gasteiger partial charge in [-0.3, -0.25) is 14.4 Å². The summed E-state index contributed by atoms with van der Waals surface area (Å²) in [6, 6.07) is 19.9. The van der Waals surface area contributed by atoms with E-state index >= 15 is 0 Å². The highest BCUT2D eigenvalue weighted by molar-refractivity contribution is 6.88. The predicted molar refractivity (Wildman–Crippen MR) is 145 cm³/mol. The number of anilines is 1. The molecule has 0 bridgehead atoms. The number of nitrogens with zero attached hydrogens (tertiary/aromatic N) is 1. The molecule has 0 fully saturated rings. The summed E-state index contributed by atoms with van der Waals surface area (Å²) in [5, 5.41) is 4.12. The van der Waals surface area contributed by atoms with Crippen LogP contribution in [0.3, 0.4) is 0 Å². The Kier molecular flexibility index (Phi) is 7.13. The van der Waals surface area contributed by atoms with Gasteiger partial charge in [-0.2, -0.15) is 0 Å². The standard InChI is InChI=1S/C29H32N2O4Si/c1-31(29(34)22-9-8-21-18-27(33)30-25(21)17-22)28(20-10-12-23(35-2)13-11-20)26(32)16-19-6-14-24(15-7-19)36(3,4)5/h6-15,17,28H,16,18H2,1-5H3,(H,30,33). The van der Waals surface area contributed by atoms with Crippen LogP contribution < -0.4 is 15.2 Å². The van der Waals surface area contributed by atoms with Crippen molar-refractivity contribution in [2.75, 3.05) is 19.5 Å². The van der Waals surface area contributed by atoms with E-state index in [0.29, 0.717) is 29.0 Å². The number of nitrogens with one attached hydrogen (secondary N) is 1. The van der Waals surface area contributed by atoms with E-state index < -0.39 is 14.1 Å². The molecule has 1 aliphatic heterocycles. The Bertz CT molecular complexity index is 1290. The molecule has 1 aliphatic rings. The van der Waals surface area contributed by atoms with Gasteiger partial charge in [0, 0.05) is 24.7 Å². The molecule has 1 unspecified atom stereocenters. The van der Waals surface area contributed by atoms with Crippen molar-refractivity contribution < 1.29 is 19.1 Å². The Hall–Kier alpha value is -3.71. The zero-order valence-corrected chi connectivity index (χ0v) is 22.4. The molecule has 1 atom stereocenters. The number of likely N-dealkylation sites (N-methyl/N-ethyl adjacent to an activating group) is 1. The van der Waals surface area contributed by atoms with Crippen LogP contribution in [0.5, 0.6) is 5.75 Å². The second-order valence-electron chi connectivity index (χ2n) is 10.3. The summed E-state index contributed by atoms with van der Waals surface area (Å²) in [7, 11) is 1.80. The van der Waals surface area contributed by atoms with Gasteiger partial charge in [-0.15, -0.1) is 0 Å². The van der Waals surface area contributed by atoms with Gasteiger partial charge in [0.05, 0.1) is 21.6 Å². The van der Waals surface area contributed by atoms with Crippen molar-refractivity contribution in [2.24, 2.45) is 0 Å². The van der Waals surface area contributed by atoms with E-state index in [2.05, 4.69) is 37.1 Å². The topological polar surface area (TPSA) is 75.7 Å². The molecule has 1 N–H and O–H groups in total. The van der Waals surface area contributed by atoms with E-state index in [1.807, 2.05) is 24.3 Å². The maximum atomic E-state index is 13.7. The fourth-order valence-corrected chi connectivity index (χ4v) is 5.67. The molecule has 3 aromatic carbocycles. The monoisotopic (exact) mass is 500 g/mol. The lowest BCUT2D eigenvalue weighted by Gasteiger charge is -2.28. The summed E-state index contributed by atoms with van der Waals surface area (Å²) in [6.07, 6.45) is 0.517. The summed E-state index contributed by atoms with van der Waals surface area (Å²) in [5.74, 6) is 0.220. The van der Waals surface area contributed by atoms with E-state index in [9.17, 15) is 14.4 Å². The van der Waals surface area contributed by atoms with Crippen molar-refractivity contribution >= 4 is 36.5 Å². The molecular weight excluding hydrogens is 468 g/mol. The van der Waals surface area contributed by atoms with E-state index in [1.165, 1.54) is 10.1 Å². The minimum atomic E-state index is -1.44. The Labute approximate surface area is 213 Å². The van der Waals surface area contributed by atoms with E-state index in [0.717, 1.165) is 11.1 Å². The number of hydrogen-bond donors (Lipinski definition) is 1. The van der Waals surface area contributed by atoms with Crippen LogP contribution in [0.25, 0.3) is 0 Å². The van der Waals surface area contributed by atoms with E-state index in [4.69, 9.17) is 4.74 Å². The molecule has 36 heavy (non-hydrogen) atoms. The first kappa shape index (κ1) is 25.4. The lowest BCUT2D eigenvalue weighted by Crippen LogP contribution is -2.38. The zero-order valence-electron chi connectivity index (χ0n) is 21.4. The molecular formula is C29H32N2O4Si. The van der Waals surface area contributed by atoms with Gasteiger partial charge in [0.1, 0.15) is 11.8 Å². The molecule has 0 aromatic heterocycles. The van der Waals surface area contributed by atoms with Crippen molar-refractivity contribution in [3.8, 4) is 5.75 Å². The number of Topliss-reactive ketones (excluding diaryl/α,β-unsaturated/α-hetero) is 1. The molecule has 0 radical (unpaired) electrons. The van der Waals surface area contributed by atoms with Crippen LogP contribution in [-0.2, 0) is 22.4 Å². The molecule has 0 saturated heterocycles. The molecule has 7 heteroatoms. The second-order valence-corrected chi connectivity index (χ2v) is 15.4. The first-order valence-corrected chi connectivity index (χ1v) is 15.5. The molecule has 0 aliphatic carbocycles. The molecule has 4 rings (SSSR count). The van der Waals surface area contributed by atoms with Gasteiger partial charge in [-0.1, -0.05) is 67.3 Å². The largest absolute Gasteiger partial charge is 0.497 e. The number of amides is 2. The third-order valence-electron chi connectivity index (χ3n) is 6.62. The van der Waals surface area contributed by atoms with Crippen LogP contribution >= 0.6 is 0 Å². The maximum absolute atomic E-state index is 13.7. The van der Waals surface area contributed by atoms with E-state index in [1.54, 1.807) is 44.5 Å². The third kappa shape index (κ3) is 5.41. The molecule has 186 valence electrons. The number of fused-ring (bicyclic) bond motifs is 1. The number of carbonyl (C=O) groups excluding carboxylic acids is 3. The normalized spacial score (nSPS) is 13.5. The van der Waals surface area contributed by atoms with Crippen LogP contribution in [0, 0.1) is 0 Å². The van der Waals surface area contributed by atoms with Crippen LogP contribution in [-0.4, -0.2) is 44.7 Å². The van der Waals surface area contributed by atoms with Crippen molar-refractivity contribution in [2.45, 2.75) is 38.5 Å². The minimum Gasteiger partial charge on any atom is -0.497 e. The van der Waals surface area contributed by atoms with Crippen LogP contribution in [0.2, 0.25) is 19.6 Å². The van der Waals surface area contributed by atoms with Crippen LogP contribution in [0.4, 0.5) is 5.69 Å². The SMILES string of the molecule is COc1ccc(C(C(=O)Cc2ccc([Si](C)(C)C)cc2)N(C)C(=O)c2ccc3c(c2)NC(=O)C3)cc1. The fourth-order valence-electron chi connectivity index (χ4n) is 4.50. The quantitative estimate of drug-likeness (QED) is 0.467. The van der Waals surface area contributed by atoms with Crippen molar-refractivity contribution in [3.05, 3.63) is 89.0 Å². The molecule has 1 heterocycles. The predicted octanol–water partition coefficient (Wildman–Crippen LogP) is 4.36. The molecule has 3 aromatic rings. The fraction of sp³-hybridized carbons (Fsp3) is 0.276.